The fraction of sp³-hybridized carbons (Fsp3) is 0.167. The molecule has 32 heavy (non-hydrogen) atoms. The molecule has 1 fully saturated rings. The van der Waals surface area contributed by atoms with Crippen LogP contribution in [0.5, 0.6) is 17.2 Å². The largest absolute Gasteiger partial charge is 0.497 e. The van der Waals surface area contributed by atoms with E-state index in [0.29, 0.717) is 10.1 Å². The van der Waals surface area contributed by atoms with Gasteiger partial charge in [-0.25, -0.2) is 4.99 Å². The van der Waals surface area contributed by atoms with Crippen molar-refractivity contribution in [3.63, 3.8) is 0 Å². The van der Waals surface area contributed by atoms with E-state index in [2.05, 4.69) is 20.9 Å². The Balaban J connectivity index is 1.42. The van der Waals surface area contributed by atoms with Crippen LogP contribution in [0.3, 0.4) is 0 Å². The van der Waals surface area contributed by atoms with E-state index in [1.165, 1.54) is 11.8 Å². The normalized spacial score (nSPS) is 17.3. The number of ether oxygens (including phenoxy) is 3. The summed E-state index contributed by atoms with van der Waals surface area (Å²) < 4.78 is 18.2. The summed E-state index contributed by atoms with van der Waals surface area (Å²) in [6, 6.07) is 15.3. The number of aryl methyl sites for hydroxylation is 1. The number of hydrogen-bond acceptors (Lipinski definition) is 6. The fourth-order valence-corrected chi connectivity index (χ4v) is 4.58. The lowest BCUT2D eigenvalue weighted by molar-refractivity contribution is -0.115. The highest BCUT2D eigenvalue weighted by Crippen LogP contribution is 2.36. The Morgan fingerprint density at radius 1 is 1.09 bits per heavy atom. The Kier molecular flexibility index (Phi) is 5.14. The minimum absolute atomic E-state index is 0.157. The SMILES string of the molecule is COc1ccc(N=C2NC(=O)/C(=C\c3cc(C)n(-c4ccc5c(c4)OCO5)c3C)S2)cc1. The van der Waals surface area contributed by atoms with Crippen molar-refractivity contribution < 1.29 is 19.0 Å². The summed E-state index contributed by atoms with van der Waals surface area (Å²) in [4.78, 5) is 17.7. The van der Waals surface area contributed by atoms with E-state index in [9.17, 15) is 4.79 Å². The molecule has 1 N–H and O–H groups in total. The average molecular weight is 448 g/mol. The second kappa shape index (κ2) is 8.12. The molecule has 2 aliphatic rings. The van der Waals surface area contributed by atoms with Gasteiger partial charge in [0.15, 0.2) is 16.7 Å². The van der Waals surface area contributed by atoms with Crippen molar-refractivity contribution >= 4 is 34.6 Å². The molecule has 1 amide bonds. The Hall–Kier alpha value is -3.65. The molecule has 2 aromatic carbocycles. The van der Waals surface area contributed by atoms with Gasteiger partial charge in [0.1, 0.15) is 5.75 Å². The van der Waals surface area contributed by atoms with Crippen LogP contribution in [-0.2, 0) is 4.79 Å². The lowest BCUT2D eigenvalue weighted by Crippen LogP contribution is -2.19. The van der Waals surface area contributed by atoms with Gasteiger partial charge in [0.25, 0.3) is 5.91 Å². The van der Waals surface area contributed by atoms with E-state index >= 15 is 0 Å². The van der Waals surface area contributed by atoms with Crippen LogP contribution >= 0.6 is 11.8 Å². The van der Waals surface area contributed by atoms with Crippen LogP contribution in [0.25, 0.3) is 11.8 Å². The van der Waals surface area contributed by atoms with E-state index in [1.807, 2.05) is 62.4 Å². The number of benzene rings is 2. The Bertz CT molecular complexity index is 1280. The van der Waals surface area contributed by atoms with E-state index in [4.69, 9.17) is 14.2 Å². The number of rotatable bonds is 4. The van der Waals surface area contributed by atoms with Gasteiger partial charge in [-0.2, -0.15) is 0 Å². The van der Waals surface area contributed by atoms with Crippen LogP contribution in [0.2, 0.25) is 0 Å². The highest BCUT2D eigenvalue weighted by Gasteiger charge is 2.25. The lowest BCUT2D eigenvalue weighted by Gasteiger charge is -2.10. The van der Waals surface area contributed by atoms with Gasteiger partial charge in [-0.05, 0) is 79.7 Å². The van der Waals surface area contributed by atoms with Gasteiger partial charge in [0.05, 0.1) is 17.7 Å². The number of fused-ring (bicyclic) bond motifs is 1. The molecule has 1 saturated heterocycles. The van der Waals surface area contributed by atoms with Crippen molar-refractivity contribution in [2.45, 2.75) is 13.8 Å². The van der Waals surface area contributed by atoms with Crippen molar-refractivity contribution in [1.29, 1.82) is 0 Å². The maximum absolute atomic E-state index is 12.5. The minimum atomic E-state index is -0.157. The molecule has 8 heteroatoms. The second-order valence-electron chi connectivity index (χ2n) is 7.38. The Morgan fingerprint density at radius 3 is 2.66 bits per heavy atom. The van der Waals surface area contributed by atoms with Crippen LogP contribution < -0.4 is 19.5 Å². The molecule has 7 nitrogen and oxygen atoms in total. The van der Waals surface area contributed by atoms with Crippen LogP contribution in [0, 0.1) is 13.8 Å². The summed E-state index contributed by atoms with van der Waals surface area (Å²) in [6.07, 6.45) is 1.91. The molecule has 0 saturated carbocycles. The molecule has 3 heterocycles. The maximum atomic E-state index is 12.5. The maximum Gasteiger partial charge on any atom is 0.264 e. The predicted molar refractivity (Wildman–Crippen MR) is 125 cm³/mol. The molecule has 0 unspecified atom stereocenters. The zero-order valence-electron chi connectivity index (χ0n) is 17.8. The first-order valence-electron chi connectivity index (χ1n) is 10.0. The molecule has 3 aromatic rings. The number of methoxy groups -OCH3 is 1. The van der Waals surface area contributed by atoms with Crippen LogP contribution in [0.15, 0.2) is 58.4 Å². The van der Waals surface area contributed by atoms with E-state index < -0.39 is 0 Å². The van der Waals surface area contributed by atoms with Crippen LogP contribution in [0.1, 0.15) is 17.0 Å². The zero-order valence-corrected chi connectivity index (χ0v) is 18.7. The third-order valence-corrected chi connectivity index (χ3v) is 6.24. The first-order chi connectivity index (χ1) is 15.5. The van der Waals surface area contributed by atoms with E-state index in [0.717, 1.165) is 45.6 Å². The number of carbonyl (C=O) groups excluding carboxylic acids is 1. The number of nitrogens with one attached hydrogen (secondary N) is 1. The molecule has 0 aliphatic carbocycles. The number of amides is 1. The monoisotopic (exact) mass is 447 g/mol. The number of thioether (sulfide) groups is 1. The quantitative estimate of drug-likeness (QED) is 0.586. The minimum Gasteiger partial charge on any atom is -0.497 e. The first-order valence-corrected chi connectivity index (χ1v) is 10.9. The number of hydrogen-bond donors (Lipinski definition) is 1. The number of aliphatic imine (C=N–C) groups is 1. The zero-order chi connectivity index (χ0) is 22.2. The van der Waals surface area contributed by atoms with Gasteiger partial charge in [-0.15, -0.1) is 0 Å². The summed E-state index contributed by atoms with van der Waals surface area (Å²) in [5, 5.41) is 3.39. The fourth-order valence-electron chi connectivity index (χ4n) is 3.75. The highest BCUT2D eigenvalue weighted by molar-refractivity contribution is 8.18. The summed E-state index contributed by atoms with van der Waals surface area (Å²) in [5.74, 6) is 2.09. The molecule has 0 spiro atoms. The molecular weight excluding hydrogens is 426 g/mol. The molecule has 0 radical (unpaired) electrons. The summed E-state index contributed by atoms with van der Waals surface area (Å²) in [6.45, 7) is 4.32. The summed E-state index contributed by atoms with van der Waals surface area (Å²) in [7, 11) is 1.62. The molecule has 5 rings (SSSR count). The molecule has 162 valence electrons. The number of carbonyl (C=O) groups is 1. The van der Waals surface area contributed by atoms with Gasteiger partial charge >= 0.3 is 0 Å². The third kappa shape index (κ3) is 3.73. The second-order valence-corrected chi connectivity index (χ2v) is 8.41. The van der Waals surface area contributed by atoms with E-state index in [1.54, 1.807) is 7.11 Å². The molecule has 0 atom stereocenters. The first kappa shape index (κ1) is 20.3. The van der Waals surface area contributed by atoms with Gasteiger partial charge < -0.3 is 24.1 Å². The lowest BCUT2D eigenvalue weighted by atomic mass is 10.2. The highest BCUT2D eigenvalue weighted by atomic mass is 32.2. The number of amidine groups is 1. The number of aromatic nitrogens is 1. The third-order valence-electron chi connectivity index (χ3n) is 5.33. The van der Waals surface area contributed by atoms with Crippen molar-refractivity contribution in [1.82, 2.24) is 9.88 Å². The Labute approximate surface area is 189 Å². The van der Waals surface area contributed by atoms with Gasteiger partial charge in [-0.3, -0.25) is 4.79 Å². The van der Waals surface area contributed by atoms with Crippen LogP contribution in [0.4, 0.5) is 5.69 Å². The van der Waals surface area contributed by atoms with Gasteiger partial charge in [0, 0.05) is 23.1 Å². The Morgan fingerprint density at radius 2 is 1.88 bits per heavy atom. The molecular formula is C24H21N3O4S. The predicted octanol–water partition coefficient (Wildman–Crippen LogP) is 4.72. The van der Waals surface area contributed by atoms with Crippen molar-refractivity contribution in [3.8, 4) is 22.9 Å². The standard InChI is InChI=1S/C24H21N3O4S/c1-14-10-16(15(2)27(14)18-6-9-20-21(12-18)31-13-30-20)11-22-23(28)26-24(32-22)25-17-4-7-19(29-3)8-5-17/h4-12H,13H2,1-3H3,(H,25,26,28)/b22-11+. The van der Waals surface area contributed by atoms with Crippen molar-refractivity contribution in [2.75, 3.05) is 13.9 Å². The summed E-state index contributed by atoms with van der Waals surface area (Å²) >= 11 is 1.33. The smallest absolute Gasteiger partial charge is 0.264 e. The van der Waals surface area contributed by atoms with Gasteiger partial charge in [-0.1, -0.05) is 0 Å². The van der Waals surface area contributed by atoms with Crippen molar-refractivity contribution in [3.05, 3.63) is 70.4 Å². The van der Waals surface area contributed by atoms with Crippen molar-refractivity contribution in [2.24, 2.45) is 4.99 Å². The topological polar surface area (TPSA) is 74.1 Å². The molecule has 1 aromatic heterocycles. The van der Waals surface area contributed by atoms with Crippen LogP contribution in [-0.4, -0.2) is 29.5 Å². The average Bonchev–Trinajstić information content (AvgIpc) is 3.46. The molecule has 2 aliphatic heterocycles. The van der Waals surface area contributed by atoms with Gasteiger partial charge in [0.2, 0.25) is 6.79 Å². The van der Waals surface area contributed by atoms with E-state index in [-0.39, 0.29) is 12.7 Å². The molecule has 0 bridgehead atoms. The summed E-state index contributed by atoms with van der Waals surface area (Å²) in [5.41, 5.74) is 4.80. The number of nitrogens with zero attached hydrogens (tertiary/aromatic N) is 2.